The summed E-state index contributed by atoms with van der Waals surface area (Å²) in [6.45, 7) is 49.6. The van der Waals surface area contributed by atoms with Gasteiger partial charge in [0.2, 0.25) is 0 Å². The summed E-state index contributed by atoms with van der Waals surface area (Å²) in [5.41, 5.74) is 28.4. The van der Waals surface area contributed by atoms with Gasteiger partial charge in [0.1, 0.15) is 23.6 Å². The summed E-state index contributed by atoms with van der Waals surface area (Å²) in [4.78, 5) is 24.5. The molecule has 8 aromatic heterocycles. The number of hydrogen-bond acceptors (Lipinski definition) is 8. The summed E-state index contributed by atoms with van der Waals surface area (Å²) in [5, 5.41) is 31.5. The number of carbonyl (C=O) groups is 2. The lowest BCUT2D eigenvalue weighted by molar-refractivity contribution is 0.0511. The van der Waals surface area contributed by atoms with Gasteiger partial charge in [-0.05, 0) is 249 Å². The number of fused-ring (bicyclic) bond motifs is 1. The molecule has 10 rings (SSSR count). The third kappa shape index (κ3) is 18.2. The van der Waals surface area contributed by atoms with Crippen molar-refractivity contribution >= 4 is 45.8 Å². The van der Waals surface area contributed by atoms with E-state index < -0.39 is 0 Å². The van der Waals surface area contributed by atoms with Crippen LogP contribution in [0.3, 0.4) is 0 Å². The summed E-state index contributed by atoms with van der Waals surface area (Å²) in [5.74, 6) is -0.132. The molecule has 1 N–H and O–H groups in total. The highest BCUT2D eigenvalue weighted by Crippen LogP contribution is 2.31. The smallest absolute Gasteiger partial charge is 0.355 e. The molecule has 10 aromatic rings. The average Bonchev–Trinajstić information content (AvgIpc) is 1.67. The Balaban J connectivity index is 0.000000237. The van der Waals surface area contributed by atoms with Gasteiger partial charge in [-0.2, -0.15) is 10.5 Å². The molecule has 2 aromatic carbocycles. The number of halogens is 1. The van der Waals surface area contributed by atoms with Crippen LogP contribution in [0.4, 0.5) is 0 Å². The second-order valence-corrected chi connectivity index (χ2v) is 25.5. The van der Waals surface area contributed by atoms with E-state index in [4.69, 9.17) is 26.3 Å². The lowest BCUT2D eigenvalue weighted by Crippen LogP contribution is -2.13. The predicted octanol–water partition coefficient (Wildman–Crippen LogP) is 19.1. The third-order valence-electron chi connectivity index (χ3n) is 19.0. The molecule has 0 aliphatic heterocycles. The molecule has 8 heterocycles. The summed E-state index contributed by atoms with van der Waals surface area (Å²) < 4.78 is 24.8. The summed E-state index contributed by atoms with van der Waals surface area (Å²) in [6, 6.07) is 24.0. The standard InChI is InChI=1S/C14H13ClN2.C12H12N2S.C12H19NO2.C11H13NO.C11H19N.C10H15NO2.C9H15N/c1-3-17-9-14(13(8-16)10(17)2)11-4-6-12(15)7-5-11;1-9-7-14(10(2)12(9)6-13)8-11-4-3-5-15-11;1-6-13-10(5)8(3)9(4)11(13)12(14)15-7-2;1-7-8(2)12(3)11-5-4-9(13)6-10(7)11;1-6-10-8(3)12(5)9(4)11(10)7-2;1-6-7(2)11(4)8(3)9(6)10(12)13-5;1-5-10-8(3)6-7(2)9(10)4/h4-7,9H,3H2,1-2H3;3-5,7H,8H2,1-2H3;6-7H2,1-5H3;4-6,13H,1-3H3;6-7H2,1-5H3;1-5H3;6H,5H2,1-4H3. The van der Waals surface area contributed by atoms with E-state index in [1.165, 1.54) is 62.7 Å². The SMILES string of the molecule is CCOC(=O)c1c(C)c(C)c(C)n1CC.CCc1c(CC)c(C)n(C)c1C.CCn1c(C)cc(C)c1C.CCn1cc(-c2ccc(Cl)cc2)c(C#N)c1C.COC(=O)c1c(C)c(C)n(C)c1C.Cc1c(C)n(C)c2ccc(O)cc12.Cc1cn(Cc2cccs2)c(C)c1C#N. The molecular weight excluding hydrogens is 1220 g/mol. The van der Waals surface area contributed by atoms with Gasteiger partial charge in [-0.3, -0.25) is 0 Å². The number of rotatable bonds is 11. The van der Waals surface area contributed by atoms with Crippen molar-refractivity contribution < 1.29 is 24.2 Å². The molecule has 510 valence electrons. The second kappa shape index (κ2) is 35.8. The first-order valence-corrected chi connectivity index (χ1v) is 34.1. The number of benzene rings is 2. The number of aromatic nitrogens is 7. The van der Waals surface area contributed by atoms with Crippen LogP contribution in [0, 0.1) is 133 Å². The first-order chi connectivity index (χ1) is 44.8. The number of phenols is 1. The Hall–Kier alpha value is -8.63. The Morgan fingerprint density at radius 1 is 0.558 bits per heavy atom. The van der Waals surface area contributed by atoms with Gasteiger partial charge in [-0.25, -0.2) is 9.59 Å². The number of phenolic OH excluding ortho intramolecular Hbond substituents is 1. The Bertz CT molecular complexity index is 4270. The lowest BCUT2D eigenvalue weighted by Gasteiger charge is -2.08. The van der Waals surface area contributed by atoms with Gasteiger partial charge in [0.15, 0.2) is 0 Å². The second-order valence-electron chi connectivity index (χ2n) is 24.0. The van der Waals surface area contributed by atoms with Crippen LogP contribution in [-0.2, 0) is 69.6 Å². The quantitative estimate of drug-likeness (QED) is 0.126. The normalized spacial score (nSPS) is 10.5. The van der Waals surface area contributed by atoms with Crippen LogP contribution >= 0.6 is 22.9 Å². The van der Waals surface area contributed by atoms with E-state index in [0.29, 0.717) is 28.6 Å². The topological polar surface area (TPSA) is 155 Å². The van der Waals surface area contributed by atoms with Crippen molar-refractivity contribution in [1.82, 2.24) is 32.0 Å². The summed E-state index contributed by atoms with van der Waals surface area (Å²) in [7, 11) is 7.55. The number of nitriles is 2. The van der Waals surface area contributed by atoms with E-state index in [2.05, 4.69) is 142 Å². The van der Waals surface area contributed by atoms with Crippen molar-refractivity contribution in [2.75, 3.05) is 13.7 Å². The van der Waals surface area contributed by atoms with Gasteiger partial charge < -0.3 is 46.5 Å². The lowest BCUT2D eigenvalue weighted by atomic mass is 10.0. The van der Waals surface area contributed by atoms with Gasteiger partial charge in [0, 0.05) is 136 Å². The van der Waals surface area contributed by atoms with Crippen molar-refractivity contribution in [3.05, 3.63) is 212 Å². The molecule has 0 radical (unpaired) electrons. The highest BCUT2D eigenvalue weighted by molar-refractivity contribution is 7.09. The van der Waals surface area contributed by atoms with E-state index >= 15 is 0 Å². The van der Waals surface area contributed by atoms with Crippen LogP contribution in [0.15, 0.2) is 78.4 Å². The van der Waals surface area contributed by atoms with Crippen LogP contribution in [-0.4, -0.2) is 62.7 Å². The third-order valence-corrected chi connectivity index (χ3v) is 20.1. The maximum absolute atomic E-state index is 11.8. The average molecular weight is 1330 g/mol. The molecule has 0 saturated heterocycles. The maximum Gasteiger partial charge on any atom is 0.355 e. The zero-order chi connectivity index (χ0) is 71.6. The van der Waals surface area contributed by atoms with Crippen molar-refractivity contribution in [3.8, 4) is 29.0 Å². The molecule has 0 spiro atoms. The molecule has 95 heavy (non-hydrogen) atoms. The molecule has 0 saturated carbocycles. The molecular formula is C79H106ClN9O5S. The molecule has 0 unspecified atom stereocenters. The fraction of sp³-hybridized carbons (Fsp3) is 0.418. The highest BCUT2D eigenvalue weighted by atomic mass is 35.5. The number of hydrogen-bond donors (Lipinski definition) is 1. The van der Waals surface area contributed by atoms with Crippen molar-refractivity contribution in [2.24, 2.45) is 21.1 Å². The van der Waals surface area contributed by atoms with Gasteiger partial charge in [0.25, 0.3) is 0 Å². The van der Waals surface area contributed by atoms with Crippen LogP contribution in [0.5, 0.6) is 5.75 Å². The molecule has 0 aliphatic carbocycles. The minimum absolute atomic E-state index is 0.215. The Labute approximate surface area is 576 Å². The van der Waals surface area contributed by atoms with Crippen LogP contribution in [0.2, 0.25) is 5.02 Å². The first-order valence-electron chi connectivity index (χ1n) is 32.8. The van der Waals surface area contributed by atoms with E-state index in [1.54, 1.807) is 28.5 Å². The maximum atomic E-state index is 11.8. The number of methoxy groups -OCH3 is 1. The molecule has 16 heteroatoms. The van der Waals surface area contributed by atoms with Crippen molar-refractivity contribution in [3.63, 3.8) is 0 Å². The zero-order valence-corrected chi connectivity index (χ0v) is 63.4. The number of ether oxygens (including phenoxy) is 2. The van der Waals surface area contributed by atoms with Crippen LogP contribution in [0.25, 0.3) is 22.0 Å². The predicted molar refractivity (Wildman–Crippen MR) is 395 cm³/mol. The highest BCUT2D eigenvalue weighted by Gasteiger charge is 2.22. The van der Waals surface area contributed by atoms with Crippen molar-refractivity contribution in [2.45, 2.75) is 191 Å². The van der Waals surface area contributed by atoms with Crippen LogP contribution in [0.1, 0.15) is 180 Å². The number of carbonyl (C=O) groups excluding carboxylic acids is 2. The van der Waals surface area contributed by atoms with Gasteiger partial charge in [-0.1, -0.05) is 43.6 Å². The monoisotopic (exact) mass is 1330 g/mol. The summed E-state index contributed by atoms with van der Waals surface area (Å²) in [6.07, 6.45) is 6.40. The van der Waals surface area contributed by atoms with Gasteiger partial charge in [-0.15, -0.1) is 11.3 Å². The van der Waals surface area contributed by atoms with E-state index in [0.717, 1.165) is 112 Å². The number of nitrogens with zero attached hydrogens (tertiary/aromatic N) is 9. The number of thiophene rings is 1. The first kappa shape index (κ1) is 78.8. The molecule has 0 aliphatic rings. The number of esters is 2. The van der Waals surface area contributed by atoms with E-state index in [1.807, 2.05) is 148 Å². The van der Waals surface area contributed by atoms with Gasteiger partial charge in [0.05, 0.1) is 37.0 Å². The number of aromatic hydroxyl groups is 1. The minimum Gasteiger partial charge on any atom is -0.508 e. The fourth-order valence-corrected chi connectivity index (χ4v) is 13.2. The largest absolute Gasteiger partial charge is 0.508 e. The van der Waals surface area contributed by atoms with Crippen molar-refractivity contribution in [1.29, 1.82) is 10.5 Å². The fourth-order valence-electron chi connectivity index (χ4n) is 12.3. The zero-order valence-electron chi connectivity index (χ0n) is 61.8. The molecule has 0 fully saturated rings. The van der Waals surface area contributed by atoms with Gasteiger partial charge >= 0.3 is 11.9 Å². The molecule has 0 atom stereocenters. The number of aryl methyl sites for hydroxylation is 6. The Kier molecular flexibility index (Phi) is 29.7. The van der Waals surface area contributed by atoms with E-state index in [-0.39, 0.29) is 11.9 Å². The molecule has 0 amide bonds. The minimum atomic E-state index is -0.251. The molecule has 0 bridgehead atoms. The summed E-state index contributed by atoms with van der Waals surface area (Å²) >= 11 is 7.61. The van der Waals surface area contributed by atoms with Crippen LogP contribution < -0.4 is 0 Å². The molecule has 14 nitrogen and oxygen atoms in total. The van der Waals surface area contributed by atoms with E-state index in [9.17, 15) is 20.0 Å². The Morgan fingerprint density at radius 3 is 1.56 bits per heavy atom. The Morgan fingerprint density at radius 2 is 1.12 bits per heavy atom.